The summed E-state index contributed by atoms with van der Waals surface area (Å²) >= 11 is 0. The van der Waals surface area contributed by atoms with Crippen molar-refractivity contribution < 1.29 is 102 Å². The van der Waals surface area contributed by atoms with E-state index in [1.54, 1.807) is 0 Å². The molecule has 14 atom stereocenters. The van der Waals surface area contributed by atoms with Gasteiger partial charge in [0.05, 0.1) is 37.1 Å². The third kappa shape index (κ3) is 26.0. The summed E-state index contributed by atoms with van der Waals surface area (Å²) in [6.07, 6.45) is -5.42. The number of phenols is 2. The van der Waals surface area contributed by atoms with E-state index >= 15 is 9.59 Å². The lowest BCUT2D eigenvalue weighted by molar-refractivity contribution is -0.143. The summed E-state index contributed by atoms with van der Waals surface area (Å²) in [5.74, 6) is -22.4. The molecule has 0 spiro atoms. The molecule has 0 unspecified atom stereocenters. The Morgan fingerprint density at radius 3 is 1.76 bits per heavy atom. The summed E-state index contributed by atoms with van der Waals surface area (Å²) in [6, 6.07) is -9.57. The van der Waals surface area contributed by atoms with Crippen molar-refractivity contribution >= 4 is 159 Å². The Morgan fingerprint density at radius 2 is 1.15 bits per heavy atom. The number of ketones is 1. The molecule has 552 valence electrons. The number of Topliss-reactive ketones (excluding diaryl/α,β-unsaturated/α-hetero) is 1. The number of aromatic hydroxyl groups is 2. The van der Waals surface area contributed by atoms with Crippen LogP contribution in [-0.4, -0.2) is 251 Å². The number of aliphatic hydroxyl groups is 1. The summed E-state index contributed by atoms with van der Waals surface area (Å²) < 4.78 is 0. The van der Waals surface area contributed by atoms with E-state index in [4.69, 9.17) is 11.5 Å². The van der Waals surface area contributed by atoms with Crippen molar-refractivity contribution in [3.63, 3.8) is 0 Å². The number of aliphatic carboxylic acids is 2. The van der Waals surface area contributed by atoms with E-state index in [0.717, 1.165) is 76.6 Å². The van der Waals surface area contributed by atoms with E-state index in [1.807, 2.05) is 0 Å². The van der Waals surface area contributed by atoms with E-state index in [0.29, 0.717) is 5.56 Å². The Bertz CT molecular complexity index is 3400. The lowest BCUT2D eigenvalue weighted by Gasteiger charge is -2.30. The first-order valence-corrected chi connectivity index (χ1v) is 38.9. The van der Waals surface area contributed by atoms with Crippen LogP contribution >= 0.6 is 64.8 Å². The third-order valence-corrected chi connectivity index (χ3v) is 23.2. The predicted octanol–water partition coefficient (Wildman–Crippen LogP) is -4.85. The number of phenolic OH excluding ortho intramolecular Hbond substituents is 2. The van der Waals surface area contributed by atoms with Crippen LogP contribution in [0.25, 0.3) is 0 Å². The van der Waals surface area contributed by atoms with Crippen molar-refractivity contribution in [2.75, 3.05) is 47.6 Å². The van der Waals surface area contributed by atoms with Crippen LogP contribution in [0.1, 0.15) is 63.5 Å². The lowest BCUT2D eigenvalue weighted by atomic mass is 9.98. The number of primary amides is 1. The van der Waals surface area contributed by atoms with Crippen LogP contribution < -0.4 is 70.0 Å². The van der Waals surface area contributed by atoms with E-state index in [2.05, 4.69) is 58.5 Å². The second-order valence-corrected chi connectivity index (χ2v) is 31.4. The molecule has 35 nitrogen and oxygen atoms in total. The largest absolute Gasteiger partial charge is 0.508 e. The number of carboxylic acids is 2. The zero-order valence-corrected chi connectivity index (χ0v) is 59.2. The summed E-state index contributed by atoms with van der Waals surface area (Å²) in [5.41, 5.74) is 12.7. The number of nitrogens with two attached hydrogens (primary N) is 2. The smallest absolute Gasteiger partial charge is 0.326 e. The molecule has 4 bridgehead atoms. The molecule has 2 aromatic carbocycles. The van der Waals surface area contributed by atoms with Crippen molar-refractivity contribution in [3.05, 3.63) is 59.7 Å². The lowest BCUT2D eigenvalue weighted by Crippen LogP contribution is -2.60. The van der Waals surface area contributed by atoms with Gasteiger partial charge in [0, 0.05) is 66.7 Å². The molecule has 0 aliphatic carbocycles. The van der Waals surface area contributed by atoms with Gasteiger partial charge >= 0.3 is 11.9 Å². The van der Waals surface area contributed by atoms with E-state index in [9.17, 15) is 92.7 Å². The molecule has 0 aromatic heterocycles. The maximum absolute atomic E-state index is 15.2. The fraction of sp³-hybridized carbons (Fsp3) is 0.533. The highest BCUT2D eigenvalue weighted by Gasteiger charge is 2.42. The number of carbonyl (C=O) groups excluding carboxylic acids is 14. The maximum Gasteiger partial charge on any atom is 0.326 e. The van der Waals surface area contributed by atoms with Gasteiger partial charge in [-0.25, -0.2) is 4.79 Å². The van der Waals surface area contributed by atoms with E-state index < -0.39 is 241 Å². The summed E-state index contributed by atoms with van der Waals surface area (Å²) in [6.45, 7) is 1.21. The first kappa shape index (κ1) is 81.7. The van der Waals surface area contributed by atoms with Gasteiger partial charge in [-0.3, -0.25) is 71.9 Å². The number of nitrogens with zero attached hydrogens (tertiary/aromatic N) is 1. The van der Waals surface area contributed by atoms with Crippen LogP contribution in [-0.2, 0) is 89.6 Å². The SMILES string of the molecule is C[C@@H]1NC(=O)[C@@H]2CCCN2C(=O)[C@H](CC(N)=O)NC(=O)[C@@H]2CSSC[C@H](N)C(=O)N[C@H]3CSSC[C@H](NC1=O)C(=O)N[C@@H]([C@H](C)O)C(=O)NCC(=O)N[C@H](C(=O)N[C@@H](Cc1ccc(O)cc1)C(=O)O)CSSC[C@H](NC(=O)[C@H](Cc1ccc(O)cc1)NC(=O)[C@H](CCC(=O)O)NC3=O)C(=O)C2. The van der Waals surface area contributed by atoms with Gasteiger partial charge in [-0.1, -0.05) is 89.0 Å². The highest BCUT2D eigenvalue weighted by Crippen LogP contribution is 2.30. The molecule has 101 heavy (non-hydrogen) atoms. The minimum atomic E-state index is -1.92. The van der Waals surface area contributed by atoms with E-state index in [-0.39, 0.29) is 54.4 Å². The van der Waals surface area contributed by atoms with Crippen LogP contribution in [0.3, 0.4) is 0 Å². The zero-order valence-electron chi connectivity index (χ0n) is 54.3. The first-order chi connectivity index (χ1) is 47.9. The molecule has 0 radical (unpaired) electrons. The molecule has 6 rings (SSSR count). The second-order valence-electron chi connectivity index (χ2n) is 23.8. The number of aliphatic hydroxyl groups excluding tert-OH is 1. The van der Waals surface area contributed by atoms with E-state index in [1.165, 1.54) is 55.5 Å². The van der Waals surface area contributed by atoms with Gasteiger partial charge < -0.3 is 100 Å². The molecule has 13 amide bonds. The Balaban J connectivity index is 1.56. The molecular weight excluding hydrogens is 1450 g/mol. The van der Waals surface area contributed by atoms with Crippen LogP contribution in [0.5, 0.6) is 11.5 Å². The highest BCUT2D eigenvalue weighted by molar-refractivity contribution is 8.77. The molecule has 0 saturated carbocycles. The van der Waals surface area contributed by atoms with Crippen LogP contribution in [0.15, 0.2) is 48.5 Å². The predicted molar refractivity (Wildman–Crippen MR) is 372 cm³/mol. The van der Waals surface area contributed by atoms with Crippen molar-refractivity contribution in [1.29, 1.82) is 0 Å². The normalized spacial score (nSPS) is 27.4. The summed E-state index contributed by atoms with van der Waals surface area (Å²) in [4.78, 5) is 227. The number of hydrogen-bond acceptors (Lipinski definition) is 26. The van der Waals surface area contributed by atoms with Gasteiger partial charge in [0.25, 0.3) is 0 Å². The maximum atomic E-state index is 15.2. The van der Waals surface area contributed by atoms with Crippen molar-refractivity contribution in [3.8, 4) is 11.5 Å². The van der Waals surface area contributed by atoms with Gasteiger partial charge in [0.15, 0.2) is 5.78 Å². The molecule has 41 heteroatoms. The fourth-order valence-corrected chi connectivity index (χ4v) is 17.4. The van der Waals surface area contributed by atoms with Gasteiger partial charge in [0.1, 0.15) is 71.9 Å². The van der Waals surface area contributed by atoms with Gasteiger partial charge in [0.2, 0.25) is 76.8 Å². The topological polar surface area (TPSA) is 562 Å². The van der Waals surface area contributed by atoms with Crippen molar-refractivity contribution in [1.82, 2.24) is 63.4 Å². The number of carbonyl (C=O) groups is 16. The molecule has 20 N–H and O–H groups in total. The fourth-order valence-electron chi connectivity index (χ4n) is 10.3. The number of benzene rings is 2. The Labute approximate surface area is 601 Å². The number of hydrogen-bond donors (Lipinski definition) is 18. The first-order valence-electron chi connectivity index (χ1n) is 31.5. The van der Waals surface area contributed by atoms with Crippen molar-refractivity contribution in [2.45, 2.75) is 144 Å². The minimum absolute atomic E-state index is 0.00298. The molecule has 4 fully saturated rings. The van der Waals surface area contributed by atoms with Crippen LogP contribution in [0.2, 0.25) is 0 Å². The monoisotopic (exact) mass is 1520 g/mol. The average Bonchev–Trinajstić information content (AvgIpc) is 1.75. The number of nitrogens with one attached hydrogen (secondary N) is 11. The molecule has 4 aliphatic heterocycles. The Kier molecular flexibility index (Phi) is 32.2. The highest BCUT2D eigenvalue weighted by atomic mass is 33.1. The van der Waals surface area contributed by atoms with Gasteiger partial charge in [-0.15, -0.1) is 0 Å². The summed E-state index contributed by atoms with van der Waals surface area (Å²) in [5, 5.41) is 78.1. The summed E-state index contributed by atoms with van der Waals surface area (Å²) in [7, 11) is 4.92. The number of amides is 13. The van der Waals surface area contributed by atoms with Gasteiger partial charge in [-0.2, -0.15) is 0 Å². The molecule has 4 aliphatic rings. The standard InChI is InChI=1S/C60H80N14O21S6/c1-27-49(83)71-42-26-101-100-25-41-55(89)66-35(13-14-47(81)82)52(86)67-36(16-29-5-9-32(76)10-6-29)53(87)70-39(44(78)18-31(21-96-97-22-34(61)51(85)72-41)50(84)68-37(19-45(62)79)59(93)74-15-3-4-43(74)57(91)64-27)23-98-99-24-40(65-46(80)20-63-58(92)48(28(2)75)73-56(42)90)54(88)69-38(60(94)95)17-30-7-11-33(77)12-8-30/h5-12,27-28,31,34-43,48,75-77H,3-4,13-26,61H2,1-2H3,(H2,62,79)(H,63,92)(H,64,91)(H,65,80)(H,66,89)(H,67,86)(H,68,84)(H,69,88)(H,70,87)(H,71,83)(H,72,85)(H,73,90)(H,81,82)(H,94,95)/t27-,28-,31-,34-,35-,36-,37-,38-,39-,40-,41-,42-,43-,48-/m0/s1. The quantitative estimate of drug-likeness (QED) is 0.0661. The molecule has 4 heterocycles. The number of carboxylic acid groups (broad SMARTS) is 2. The third-order valence-electron chi connectivity index (χ3n) is 15.9. The Morgan fingerprint density at radius 1 is 0.604 bits per heavy atom. The Hall–Kier alpha value is -8.22. The average molecular weight is 1530 g/mol. The van der Waals surface area contributed by atoms with Crippen LogP contribution in [0, 0.1) is 5.92 Å². The minimum Gasteiger partial charge on any atom is -0.508 e. The zero-order chi connectivity index (χ0) is 74.2. The van der Waals surface area contributed by atoms with Crippen molar-refractivity contribution in [2.24, 2.45) is 17.4 Å². The number of rotatable bonds is 13. The molecule has 4 saturated heterocycles. The number of fused-ring (bicyclic) bond motifs is 20. The molecule has 2 aromatic rings. The van der Waals surface area contributed by atoms with Gasteiger partial charge in [-0.05, 0) is 68.5 Å². The molecular formula is C60H80N14O21S6. The van der Waals surface area contributed by atoms with Crippen LogP contribution in [0.4, 0.5) is 0 Å². The second kappa shape index (κ2) is 39.8.